The van der Waals surface area contributed by atoms with Crippen LogP contribution in [0.3, 0.4) is 0 Å². The molecule has 1 aromatic rings. The summed E-state index contributed by atoms with van der Waals surface area (Å²) in [6.07, 6.45) is 2.47. The summed E-state index contributed by atoms with van der Waals surface area (Å²) in [4.78, 5) is 4.96. The first-order valence-electron chi connectivity index (χ1n) is 7.97. The van der Waals surface area contributed by atoms with Crippen LogP contribution in [0.5, 0.6) is 0 Å². The van der Waals surface area contributed by atoms with Crippen molar-refractivity contribution in [1.82, 2.24) is 15.1 Å². The first-order chi connectivity index (χ1) is 10.1. The van der Waals surface area contributed by atoms with Crippen LogP contribution in [0.2, 0.25) is 0 Å². The Balaban J connectivity index is 1.89. The monoisotopic (exact) mass is 353 g/mol. The number of benzene rings is 1. The number of likely N-dealkylation sites (N-methyl/N-ethyl adjacent to an activating group) is 1. The van der Waals surface area contributed by atoms with E-state index < -0.39 is 0 Å². The molecule has 2 atom stereocenters. The van der Waals surface area contributed by atoms with E-state index in [9.17, 15) is 0 Å². The number of likely N-dealkylation sites (tertiary alicyclic amines) is 1. The molecule has 0 amide bonds. The standard InChI is InChI=1S/C17H28BrN3/c1-4-19-17(14-6-5-7-15(18)12-14)9-11-21-10-8-16(13-21)20(2)3/h5-7,12,16-17,19H,4,8-11,13H2,1-3H3. The van der Waals surface area contributed by atoms with E-state index in [1.54, 1.807) is 0 Å². The molecular weight excluding hydrogens is 326 g/mol. The van der Waals surface area contributed by atoms with Gasteiger partial charge < -0.3 is 15.1 Å². The molecule has 2 rings (SSSR count). The van der Waals surface area contributed by atoms with Crippen molar-refractivity contribution < 1.29 is 0 Å². The van der Waals surface area contributed by atoms with Crippen LogP contribution in [0.25, 0.3) is 0 Å². The predicted molar refractivity (Wildman–Crippen MR) is 93.7 cm³/mol. The van der Waals surface area contributed by atoms with Crippen molar-refractivity contribution in [3.05, 3.63) is 34.3 Å². The maximum atomic E-state index is 3.63. The minimum Gasteiger partial charge on any atom is -0.310 e. The van der Waals surface area contributed by atoms with E-state index in [1.165, 1.54) is 38.0 Å². The number of nitrogens with one attached hydrogen (secondary N) is 1. The molecule has 2 unspecified atom stereocenters. The van der Waals surface area contributed by atoms with Crippen LogP contribution >= 0.6 is 15.9 Å². The molecule has 0 bridgehead atoms. The lowest BCUT2D eigenvalue weighted by molar-refractivity contribution is 0.260. The van der Waals surface area contributed by atoms with Crippen LogP contribution in [0.15, 0.2) is 28.7 Å². The van der Waals surface area contributed by atoms with Gasteiger partial charge in [0.15, 0.2) is 0 Å². The van der Waals surface area contributed by atoms with Gasteiger partial charge in [-0.25, -0.2) is 0 Å². The summed E-state index contributed by atoms with van der Waals surface area (Å²) in [6.45, 7) is 6.82. The minimum atomic E-state index is 0.450. The molecule has 1 aromatic carbocycles. The number of halogens is 1. The summed E-state index contributed by atoms with van der Waals surface area (Å²) >= 11 is 3.58. The number of rotatable bonds is 7. The second-order valence-electron chi connectivity index (χ2n) is 6.16. The van der Waals surface area contributed by atoms with Crippen LogP contribution < -0.4 is 5.32 Å². The van der Waals surface area contributed by atoms with E-state index in [2.05, 4.69) is 76.3 Å². The minimum absolute atomic E-state index is 0.450. The van der Waals surface area contributed by atoms with Gasteiger partial charge in [0.25, 0.3) is 0 Å². The van der Waals surface area contributed by atoms with Crippen LogP contribution in [-0.4, -0.2) is 56.1 Å². The van der Waals surface area contributed by atoms with Crippen molar-refractivity contribution in [3.63, 3.8) is 0 Å². The zero-order valence-corrected chi connectivity index (χ0v) is 15.1. The Morgan fingerprint density at radius 1 is 1.43 bits per heavy atom. The van der Waals surface area contributed by atoms with Crippen molar-refractivity contribution in [2.45, 2.75) is 31.8 Å². The molecule has 0 spiro atoms. The van der Waals surface area contributed by atoms with Gasteiger partial charge in [-0.05, 0) is 57.7 Å². The molecule has 1 N–H and O–H groups in total. The van der Waals surface area contributed by atoms with E-state index in [0.717, 1.165) is 17.1 Å². The van der Waals surface area contributed by atoms with Gasteiger partial charge in [0.2, 0.25) is 0 Å². The molecule has 1 heterocycles. The Hall–Kier alpha value is -0.420. The highest BCUT2D eigenvalue weighted by Gasteiger charge is 2.24. The van der Waals surface area contributed by atoms with Gasteiger partial charge in [0.05, 0.1) is 0 Å². The van der Waals surface area contributed by atoms with Gasteiger partial charge in [-0.15, -0.1) is 0 Å². The lowest BCUT2D eigenvalue weighted by Crippen LogP contribution is -2.33. The molecule has 0 aliphatic carbocycles. The Labute approximate surface area is 137 Å². The fraction of sp³-hybridized carbons (Fsp3) is 0.647. The lowest BCUT2D eigenvalue weighted by atomic mass is 10.0. The normalized spacial score (nSPS) is 21.1. The molecular formula is C17H28BrN3. The zero-order chi connectivity index (χ0) is 15.2. The molecule has 3 nitrogen and oxygen atoms in total. The van der Waals surface area contributed by atoms with Crippen LogP contribution in [0.1, 0.15) is 31.4 Å². The maximum absolute atomic E-state index is 3.63. The first kappa shape index (κ1) is 16.9. The van der Waals surface area contributed by atoms with Crippen LogP contribution in [-0.2, 0) is 0 Å². The summed E-state index contributed by atoms with van der Waals surface area (Å²) in [5.74, 6) is 0. The van der Waals surface area contributed by atoms with E-state index in [4.69, 9.17) is 0 Å². The zero-order valence-electron chi connectivity index (χ0n) is 13.5. The molecule has 21 heavy (non-hydrogen) atoms. The first-order valence-corrected chi connectivity index (χ1v) is 8.77. The van der Waals surface area contributed by atoms with Crippen molar-refractivity contribution in [2.75, 3.05) is 40.3 Å². The van der Waals surface area contributed by atoms with Gasteiger partial charge in [-0.3, -0.25) is 0 Å². The molecule has 1 aliphatic heterocycles. The Kier molecular flexibility index (Phi) is 6.68. The van der Waals surface area contributed by atoms with Gasteiger partial charge in [-0.1, -0.05) is 35.0 Å². The molecule has 0 radical (unpaired) electrons. The Bertz CT molecular complexity index is 436. The Morgan fingerprint density at radius 3 is 2.86 bits per heavy atom. The second-order valence-corrected chi connectivity index (χ2v) is 7.08. The second kappa shape index (κ2) is 8.28. The lowest BCUT2D eigenvalue weighted by Gasteiger charge is -2.24. The van der Waals surface area contributed by atoms with E-state index in [1.807, 2.05) is 0 Å². The van der Waals surface area contributed by atoms with Gasteiger partial charge >= 0.3 is 0 Å². The molecule has 118 valence electrons. The smallest absolute Gasteiger partial charge is 0.0332 e. The molecule has 0 saturated carbocycles. The molecule has 0 aromatic heterocycles. The van der Waals surface area contributed by atoms with Crippen molar-refractivity contribution in [1.29, 1.82) is 0 Å². The topological polar surface area (TPSA) is 18.5 Å². The van der Waals surface area contributed by atoms with Crippen LogP contribution in [0.4, 0.5) is 0 Å². The molecule has 1 saturated heterocycles. The van der Waals surface area contributed by atoms with Gasteiger partial charge in [0, 0.05) is 29.6 Å². The largest absolute Gasteiger partial charge is 0.310 e. The van der Waals surface area contributed by atoms with Gasteiger partial charge in [-0.2, -0.15) is 0 Å². The SMILES string of the molecule is CCNC(CCN1CCC(N(C)C)C1)c1cccc(Br)c1. The molecule has 4 heteroatoms. The highest BCUT2D eigenvalue weighted by Crippen LogP contribution is 2.22. The van der Waals surface area contributed by atoms with E-state index in [0.29, 0.717) is 6.04 Å². The number of hydrogen-bond acceptors (Lipinski definition) is 3. The van der Waals surface area contributed by atoms with Crippen LogP contribution in [0, 0.1) is 0 Å². The van der Waals surface area contributed by atoms with Crippen molar-refractivity contribution >= 4 is 15.9 Å². The fourth-order valence-electron chi connectivity index (χ4n) is 3.10. The number of nitrogens with zero attached hydrogens (tertiary/aromatic N) is 2. The summed E-state index contributed by atoms with van der Waals surface area (Å²) in [7, 11) is 4.38. The fourth-order valence-corrected chi connectivity index (χ4v) is 3.52. The predicted octanol–water partition coefficient (Wildman–Crippen LogP) is 3.13. The molecule has 1 fully saturated rings. The Morgan fingerprint density at radius 2 is 2.24 bits per heavy atom. The van der Waals surface area contributed by atoms with E-state index in [-0.39, 0.29) is 0 Å². The summed E-state index contributed by atoms with van der Waals surface area (Å²) in [6, 6.07) is 9.86. The maximum Gasteiger partial charge on any atom is 0.0332 e. The van der Waals surface area contributed by atoms with E-state index >= 15 is 0 Å². The highest BCUT2D eigenvalue weighted by atomic mass is 79.9. The third-order valence-corrected chi connectivity index (χ3v) is 4.91. The summed E-state index contributed by atoms with van der Waals surface area (Å²) in [5.41, 5.74) is 1.38. The average molecular weight is 354 g/mol. The highest BCUT2D eigenvalue weighted by molar-refractivity contribution is 9.10. The van der Waals surface area contributed by atoms with Crippen molar-refractivity contribution in [3.8, 4) is 0 Å². The molecule has 1 aliphatic rings. The number of hydrogen-bond donors (Lipinski definition) is 1. The average Bonchev–Trinajstić information content (AvgIpc) is 2.92. The third-order valence-electron chi connectivity index (χ3n) is 4.41. The van der Waals surface area contributed by atoms with Crippen molar-refractivity contribution in [2.24, 2.45) is 0 Å². The third kappa shape index (κ3) is 5.06. The summed E-state index contributed by atoms with van der Waals surface area (Å²) in [5, 5.41) is 3.63. The quantitative estimate of drug-likeness (QED) is 0.812. The summed E-state index contributed by atoms with van der Waals surface area (Å²) < 4.78 is 1.16. The van der Waals surface area contributed by atoms with Gasteiger partial charge in [0.1, 0.15) is 0 Å².